The molecule has 94 heavy (non-hydrogen) atoms. The largest absolute Gasteiger partial charge is 0.478 e. The summed E-state index contributed by atoms with van der Waals surface area (Å²) < 4.78 is 0. The average molecular weight is 1250 g/mol. The van der Waals surface area contributed by atoms with E-state index in [0.29, 0.717) is 78.4 Å². The van der Waals surface area contributed by atoms with E-state index in [1.165, 1.54) is 44.2 Å². The molecule has 0 bridgehead atoms. The molecule has 0 aliphatic carbocycles. The Morgan fingerprint density at radius 1 is 0.298 bits per heavy atom. The zero-order chi connectivity index (χ0) is 66.8. The minimum absolute atomic E-state index is 0.0157. The van der Waals surface area contributed by atoms with Crippen LogP contribution in [0.4, 0.5) is 34.8 Å². The van der Waals surface area contributed by atoms with Crippen molar-refractivity contribution < 1.29 is 44.1 Å². The van der Waals surface area contributed by atoms with E-state index in [1.807, 2.05) is 91.0 Å². The summed E-state index contributed by atoms with van der Waals surface area (Å²) in [7, 11) is 0. The smallest absolute Gasteiger partial charge is 0.336 e. The third kappa shape index (κ3) is 12.3. The van der Waals surface area contributed by atoms with Gasteiger partial charge in [-0.1, -0.05) is 146 Å². The molecule has 0 unspecified atom stereocenters. The minimum atomic E-state index is -1.02. The molecule has 462 valence electrons. The van der Waals surface area contributed by atoms with Crippen LogP contribution >= 0.6 is 0 Å². The summed E-state index contributed by atoms with van der Waals surface area (Å²) in [6.45, 7) is 4.39. The number of hydrogen-bond acceptors (Lipinski definition) is 18. The lowest BCUT2D eigenvalue weighted by Gasteiger charge is -2.16. The number of carbonyl (C=O) groups excluding carboxylic acids is 3. The Balaban J connectivity index is 0.000000147. The van der Waals surface area contributed by atoms with Crippen LogP contribution in [0.15, 0.2) is 194 Å². The van der Waals surface area contributed by atoms with Crippen molar-refractivity contribution >= 4 is 113 Å². The van der Waals surface area contributed by atoms with E-state index in [4.69, 9.17) is 49.5 Å². The molecule has 0 radical (unpaired) electrons. The quantitative estimate of drug-likeness (QED) is 0.0312. The van der Waals surface area contributed by atoms with Crippen molar-refractivity contribution in [2.45, 2.75) is 20.8 Å². The van der Waals surface area contributed by atoms with Crippen molar-refractivity contribution in [1.29, 1.82) is 0 Å². The first-order chi connectivity index (χ1) is 45.1. The summed E-state index contributed by atoms with van der Waals surface area (Å²) in [5.74, 6) is -2.87. The molecule has 21 nitrogen and oxygen atoms in total. The van der Waals surface area contributed by atoms with Gasteiger partial charge >= 0.3 is 17.9 Å². The first kappa shape index (κ1) is 62.3. The number of hydrogen-bond donors (Lipinski definition) is 9. The summed E-state index contributed by atoms with van der Waals surface area (Å²) in [6.07, 6.45) is 0. The molecule has 0 atom stereocenters. The summed E-state index contributed by atoms with van der Waals surface area (Å²) in [4.78, 5) is 96.4. The number of rotatable bonds is 12. The van der Waals surface area contributed by atoms with E-state index in [-0.39, 0.29) is 68.8 Å². The van der Waals surface area contributed by atoms with Crippen LogP contribution in [0.1, 0.15) is 83.0 Å². The molecule has 0 saturated heterocycles. The van der Waals surface area contributed by atoms with Crippen molar-refractivity contribution in [2.75, 3.05) is 34.4 Å². The predicted molar refractivity (Wildman–Crippen MR) is 366 cm³/mol. The molecule has 10 aromatic carbocycles. The fourth-order valence-corrected chi connectivity index (χ4v) is 11.0. The van der Waals surface area contributed by atoms with Crippen molar-refractivity contribution in [3.05, 3.63) is 228 Å². The lowest BCUT2D eigenvalue weighted by atomic mass is 9.93. The SMILES string of the molecule is CC(=O)c1ccc(-c2nc(N)c(-c3ccc(C(=O)O)cc3)nc2-c2ccc(N)c3ccccc23)cc1.CC(=O)c1ccc(-c2nc(N)c(-c3ccc(C(=O)O)cc3)nc2N)c2cc3ccccc3cc12.CC(=O)c1nc(N)c(-c2ccc(C(=O)O)c3ccccc23)nc1N. The standard InChI is InChI=1S/C29H22N4O3.C27H20N4O3.C17H14N4O3/c1-16(34)17-6-8-18(9-7-17)25-27(23-14-15-24(30)22-5-3-2-4-21(22)23)32-26(28(31)33-25)19-10-12-20(13-11-19)29(35)36;1-14(32)19-10-11-20(22-13-18-5-3-2-4-17(18)12-21(19)22)24-26(29)30-23(25(28)31-24)15-6-8-16(9-7-15)27(33)34;1-8(22)13-15(18)21-14(16(19)20-13)11-6-7-12(17(23)24)10-5-3-2-4-9(10)11/h2-15H,30H2,1H3,(H2,31,33)(H,35,36);2-13H,1H3,(H2,28,31)(H2,29,30)(H,33,34);2-7H,1H3,(H2,18,21)(H2,19,20)(H,23,24). The highest BCUT2D eigenvalue weighted by Gasteiger charge is 2.23. The molecule has 0 spiro atoms. The molecular weight excluding hydrogens is 1190 g/mol. The third-order valence-electron chi connectivity index (χ3n) is 15.7. The van der Waals surface area contributed by atoms with Crippen LogP contribution in [0, 0.1) is 0 Å². The fraction of sp³-hybridized carbons (Fsp3) is 0.0411. The van der Waals surface area contributed by atoms with Gasteiger partial charge in [-0.3, -0.25) is 14.4 Å². The van der Waals surface area contributed by atoms with E-state index in [9.17, 15) is 39.0 Å². The predicted octanol–water partition coefficient (Wildman–Crippen LogP) is 13.2. The maximum atomic E-state index is 12.3. The zero-order valence-electron chi connectivity index (χ0n) is 50.4. The first-order valence-corrected chi connectivity index (χ1v) is 28.9. The second kappa shape index (κ2) is 25.7. The zero-order valence-corrected chi connectivity index (χ0v) is 50.4. The number of carboxylic acid groups (broad SMARTS) is 3. The average Bonchev–Trinajstić information content (AvgIpc) is 0.771. The number of carbonyl (C=O) groups is 6. The van der Waals surface area contributed by atoms with Gasteiger partial charge in [0.15, 0.2) is 52.1 Å². The monoisotopic (exact) mass is 1240 g/mol. The van der Waals surface area contributed by atoms with Gasteiger partial charge in [0.2, 0.25) is 0 Å². The second-order valence-corrected chi connectivity index (χ2v) is 21.7. The molecule has 13 aromatic rings. The third-order valence-corrected chi connectivity index (χ3v) is 15.7. The molecule has 15 N–H and O–H groups in total. The van der Waals surface area contributed by atoms with Gasteiger partial charge in [-0.15, -0.1) is 0 Å². The van der Waals surface area contributed by atoms with Gasteiger partial charge in [-0.05, 0) is 100 Å². The number of Topliss-reactive ketones (excluding diaryl/α,β-unsaturated/α-hetero) is 3. The van der Waals surface area contributed by atoms with Crippen molar-refractivity contribution in [2.24, 2.45) is 0 Å². The maximum absolute atomic E-state index is 12.3. The van der Waals surface area contributed by atoms with E-state index >= 15 is 0 Å². The van der Waals surface area contributed by atoms with Crippen molar-refractivity contribution in [3.63, 3.8) is 0 Å². The Hall–Kier alpha value is -13.3. The normalized spacial score (nSPS) is 10.9. The topological polar surface area (TPSA) is 397 Å². The number of anilines is 6. The number of fused-ring (bicyclic) bond motifs is 4. The van der Waals surface area contributed by atoms with E-state index in [2.05, 4.69) is 19.9 Å². The van der Waals surface area contributed by atoms with Gasteiger partial charge in [-0.2, -0.15) is 0 Å². The van der Waals surface area contributed by atoms with Gasteiger partial charge in [0.05, 0.1) is 28.1 Å². The molecular formula is C73H56N12O9. The molecule has 0 aliphatic heterocycles. The number of nitrogens with zero attached hydrogens (tertiary/aromatic N) is 6. The van der Waals surface area contributed by atoms with Gasteiger partial charge in [-0.25, -0.2) is 44.3 Å². The first-order valence-electron chi connectivity index (χ1n) is 28.9. The van der Waals surface area contributed by atoms with Crippen LogP contribution in [0.2, 0.25) is 0 Å². The molecule has 21 heteroatoms. The Labute approximate surface area is 535 Å². The highest BCUT2D eigenvalue weighted by molar-refractivity contribution is 6.15. The summed E-state index contributed by atoms with van der Waals surface area (Å²) in [5, 5.41) is 34.4. The number of carboxylic acids is 3. The Morgan fingerprint density at radius 2 is 0.691 bits per heavy atom. The van der Waals surface area contributed by atoms with Crippen LogP contribution in [0.5, 0.6) is 0 Å². The van der Waals surface area contributed by atoms with Crippen LogP contribution < -0.4 is 34.4 Å². The summed E-state index contributed by atoms with van der Waals surface area (Å²) in [5.41, 5.74) is 46.2. The highest BCUT2D eigenvalue weighted by atomic mass is 16.4. The van der Waals surface area contributed by atoms with Gasteiger partial charge in [0.1, 0.15) is 22.8 Å². The summed E-state index contributed by atoms with van der Waals surface area (Å²) >= 11 is 0. The Kier molecular flexibility index (Phi) is 17.0. The van der Waals surface area contributed by atoms with E-state index in [1.54, 1.807) is 79.7 Å². The highest BCUT2D eigenvalue weighted by Crippen LogP contribution is 2.41. The van der Waals surface area contributed by atoms with Crippen LogP contribution in [-0.2, 0) is 0 Å². The molecule has 3 aromatic heterocycles. The number of nitrogens with two attached hydrogens (primary N) is 6. The Bertz CT molecular complexity index is 5290. The molecule has 0 aliphatic rings. The molecule has 0 amide bonds. The van der Waals surface area contributed by atoms with Crippen molar-refractivity contribution in [3.8, 4) is 67.5 Å². The number of benzene rings is 10. The lowest BCUT2D eigenvalue weighted by molar-refractivity contribution is 0.0686. The number of aromatic carboxylic acids is 3. The summed E-state index contributed by atoms with van der Waals surface area (Å²) in [6, 6.07) is 56.8. The lowest BCUT2D eigenvalue weighted by Crippen LogP contribution is -2.10. The number of nitrogen functional groups attached to an aromatic ring is 6. The molecule has 0 saturated carbocycles. The number of aromatic nitrogens is 6. The molecule has 13 rings (SSSR count). The van der Waals surface area contributed by atoms with Crippen LogP contribution in [0.25, 0.3) is 111 Å². The van der Waals surface area contributed by atoms with Gasteiger partial charge in [0.25, 0.3) is 0 Å². The van der Waals surface area contributed by atoms with Crippen molar-refractivity contribution in [1.82, 2.24) is 29.9 Å². The van der Waals surface area contributed by atoms with Gasteiger partial charge < -0.3 is 49.7 Å². The number of ketones is 3. The van der Waals surface area contributed by atoms with E-state index in [0.717, 1.165) is 49.0 Å². The van der Waals surface area contributed by atoms with Crippen LogP contribution in [-0.4, -0.2) is 80.5 Å². The molecule has 3 heterocycles. The van der Waals surface area contributed by atoms with Gasteiger partial charge in [0, 0.05) is 62.5 Å². The maximum Gasteiger partial charge on any atom is 0.336 e. The second-order valence-electron chi connectivity index (χ2n) is 21.7. The minimum Gasteiger partial charge on any atom is -0.478 e. The van der Waals surface area contributed by atoms with Crippen LogP contribution in [0.3, 0.4) is 0 Å². The molecule has 0 fully saturated rings. The Morgan fingerprint density at radius 3 is 1.21 bits per heavy atom. The fourth-order valence-electron chi connectivity index (χ4n) is 11.0. The van der Waals surface area contributed by atoms with E-state index < -0.39 is 17.9 Å².